The van der Waals surface area contributed by atoms with Gasteiger partial charge in [0.1, 0.15) is 5.82 Å². The summed E-state index contributed by atoms with van der Waals surface area (Å²) in [6, 6.07) is 149. The highest BCUT2D eigenvalue weighted by atomic mass is 32.2. The molecule has 17 aromatic carbocycles. The molecule has 0 aliphatic carbocycles. The van der Waals surface area contributed by atoms with Crippen molar-refractivity contribution >= 4 is 143 Å². The van der Waals surface area contributed by atoms with Gasteiger partial charge in [-0.15, -0.1) is 0 Å². The van der Waals surface area contributed by atoms with E-state index in [1.54, 1.807) is 6.07 Å². The monoisotopic (exact) mass is 1440 g/mol. The summed E-state index contributed by atoms with van der Waals surface area (Å²) in [5.41, 5.74) is 32.0. The molecule has 0 amide bonds. The van der Waals surface area contributed by atoms with Crippen molar-refractivity contribution in [3.63, 3.8) is 0 Å². The molecule has 9 heteroatoms. The lowest BCUT2D eigenvalue weighted by Gasteiger charge is -2.46. The van der Waals surface area contributed by atoms with Crippen molar-refractivity contribution in [2.45, 2.75) is 9.79 Å². The molecule has 0 fully saturated rings. The van der Waals surface area contributed by atoms with E-state index >= 15 is 4.39 Å². The van der Waals surface area contributed by atoms with Gasteiger partial charge in [-0.25, -0.2) is 4.39 Å². The van der Waals surface area contributed by atoms with Crippen molar-refractivity contribution in [1.29, 1.82) is 0 Å². The zero-order valence-electron chi connectivity index (χ0n) is 60.4. The molecule has 4 aliphatic rings. The van der Waals surface area contributed by atoms with Crippen molar-refractivity contribution in [3.05, 3.63) is 418 Å². The number of halogens is 1. The molecule has 0 bridgehead atoms. The molecule has 4 aliphatic heterocycles. The number of benzene rings is 17. The van der Waals surface area contributed by atoms with Crippen LogP contribution in [-0.2, 0) is 0 Å². The molecule has 0 atom stereocenters. The van der Waals surface area contributed by atoms with Gasteiger partial charge in [-0.05, 0) is 152 Å². The fraction of sp³-hybridized carbons (Fsp3) is 0. The molecule has 5 nitrogen and oxygen atoms in total. The Balaban J connectivity index is 0.876. The second-order valence-electron chi connectivity index (χ2n) is 28.7. The van der Waals surface area contributed by atoms with Gasteiger partial charge in [0.2, 0.25) is 6.71 Å². The van der Waals surface area contributed by atoms with Crippen molar-refractivity contribution in [2.24, 2.45) is 0 Å². The average Bonchev–Trinajstić information content (AvgIpc) is 0.683. The first kappa shape index (κ1) is 65.4. The Morgan fingerprint density at radius 3 is 1.05 bits per heavy atom. The summed E-state index contributed by atoms with van der Waals surface area (Å²) in [7, 11) is 0. The predicted molar refractivity (Wildman–Crippen MR) is 467 cm³/mol. The van der Waals surface area contributed by atoms with Crippen LogP contribution < -0.4 is 57.3 Å². The van der Waals surface area contributed by atoms with E-state index in [4.69, 9.17) is 0 Å². The van der Waals surface area contributed by atoms with Gasteiger partial charge in [-0.1, -0.05) is 333 Å². The van der Waals surface area contributed by atoms with E-state index in [-0.39, 0.29) is 19.2 Å². The molecule has 520 valence electrons. The van der Waals surface area contributed by atoms with E-state index in [9.17, 15) is 0 Å². The Kier molecular flexibility index (Phi) is 16.2. The molecular formula is C102H68B2FN5S. The lowest BCUT2D eigenvalue weighted by atomic mass is 9.31. The van der Waals surface area contributed by atoms with E-state index in [0.717, 1.165) is 161 Å². The number of anilines is 15. The van der Waals surface area contributed by atoms with Crippen LogP contribution in [0.3, 0.4) is 0 Å². The fourth-order valence-corrected chi connectivity index (χ4v) is 19.1. The summed E-state index contributed by atoms with van der Waals surface area (Å²) in [5.74, 6) is -0.337. The maximum Gasteiger partial charge on any atom is 0.252 e. The van der Waals surface area contributed by atoms with E-state index in [1.807, 2.05) is 23.9 Å². The standard InChI is InChI=1S/C102H68B2FN5S/c105-87-56-34-53-82(73-43-16-5-17-44-73)102(87)110-94-68-98-86(104-84-55-27-33-62-93(84)109(91-60-31-25-52-81(91)72-41-14-4-15-42-72)97-65-77(66-99(111-98)101(97)104)107(75-47-20-7-21-48-75)89-58-29-23-50-79(89)70-37-10-2-11-38-70)67-85(94)103-83-54-26-32-61-92(83)108(90-59-30-24-51-80(90)71-39-12-3-13-40-71)95-63-76(64-96(110)100(95)103)106(74-45-18-6-19-46-74)88-57-28-22-49-78(88)69-35-8-1-9-36-69/h1-68H. The maximum absolute atomic E-state index is 19.1. The van der Waals surface area contributed by atoms with Crippen LogP contribution in [0.4, 0.5) is 89.7 Å². The summed E-state index contributed by atoms with van der Waals surface area (Å²) >= 11 is 1.82. The minimum Gasteiger partial charge on any atom is -0.311 e. The normalized spacial score (nSPS) is 12.6. The number of hydrogen-bond acceptors (Lipinski definition) is 6. The minimum atomic E-state index is -0.365. The van der Waals surface area contributed by atoms with Gasteiger partial charge in [0.15, 0.2) is 0 Å². The SMILES string of the molecule is Fc1cccc(-c2ccccc2)c1N1c2cc3c(cc2B2c4ccccc4N(c4ccccc4-c4ccccc4)c4cc(N(c5ccccc5)c5ccccc5-c5ccccc5)cc1c42)B1c2ccccc2N(c2ccccc2-c2ccccc2)c2cc(N(c4ccccc4)c4ccccc4-c4ccccc4)cc(c21)S3. The molecular weight excluding hydrogens is 1370 g/mol. The van der Waals surface area contributed by atoms with Crippen LogP contribution in [0.1, 0.15) is 0 Å². The van der Waals surface area contributed by atoms with Crippen LogP contribution in [0.15, 0.2) is 422 Å². The lowest BCUT2D eigenvalue weighted by molar-refractivity contribution is 0.629. The van der Waals surface area contributed by atoms with Crippen molar-refractivity contribution < 1.29 is 4.39 Å². The Morgan fingerprint density at radius 1 is 0.225 bits per heavy atom. The van der Waals surface area contributed by atoms with Crippen molar-refractivity contribution in [1.82, 2.24) is 0 Å². The summed E-state index contributed by atoms with van der Waals surface area (Å²) in [5, 5.41) is 0. The van der Waals surface area contributed by atoms with E-state index in [1.165, 1.54) is 16.4 Å². The summed E-state index contributed by atoms with van der Waals surface area (Å²) in [6.07, 6.45) is 0. The van der Waals surface area contributed by atoms with Crippen LogP contribution in [0.25, 0.3) is 55.6 Å². The Hall–Kier alpha value is -13.9. The number of rotatable bonds is 14. The first-order chi connectivity index (χ1) is 55.1. The van der Waals surface area contributed by atoms with Gasteiger partial charge >= 0.3 is 0 Å². The second-order valence-corrected chi connectivity index (χ2v) is 29.8. The average molecular weight is 1440 g/mol. The van der Waals surface area contributed by atoms with Gasteiger partial charge in [-0.2, -0.15) is 0 Å². The van der Waals surface area contributed by atoms with E-state index < -0.39 is 0 Å². The van der Waals surface area contributed by atoms with Gasteiger partial charge in [0, 0.05) is 88.8 Å². The minimum absolute atomic E-state index is 0.258. The van der Waals surface area contributed by atoms with Crippen LogP contribution in [0.2, 0.25) is 0 Å². The number of para-hydroxylation sites is 9. The van der Waals surface area contributed by atoms with Gasteiger partial charge < -0.3 is 24.5 Å². The molecule has 0 aromatic heterocycles. The molecule has 0 saturated carbocycles. The highest BCUT2D eigenvalue weighted by Gasteiger charge is 2.49. The molecule has 0 unspecified atom stereocenters. The summed E-state index contributed by atoms with van der Waals surface area (Å²) in [6.45, 7) is -0.623. The first-order valence-corrected chi connectivity index (χ1v) is 38.8. The highest BCUT2D eigenvalue weighted by molar-refractivity contribution is 8.00. The molecule has 111 heavy (non-hydrogen) atoms. The quantitative estimate of drug-likeness (QED) is 0.100. The van der Waals surface area contributed by atoms with Crippen LogP contribution in [0, 0.1) is 5.82 Å². The van der Waals surface area contributed by atoms with Crippen molar-refractivity contribution in [2.75, 3.05) is 24.5 Å². The predicted octanol–water partition coefficient (Wildman–Crippen LogP) is 23.9. The van der Waals surface area contributed by atoms with Gasteiger partial charge in [0.25, 0.3) is 6.71 Å². The maximum atomic E-state index is 19.1. The Morgan fingerprint density at radius 2 is 0.577 bits per heavy atom. The van der Waals surface area contributed by atoms with Crippen LogP contribution >= 0.6 is 11.8 Å². The topological polar surface area (TPSA) is 16.2 Å². The number of nitrogens with zero attached hydrogens (tertiary/aromatic N) is 5. The van der Waals surface area contributed by atoms with Crippen LogP contribution in [-0.4, -0.2) is 13.4 Å². The number of fused-ring (bicyclic) bond motifs is 8. The third-order valence-corrected chi connectivity index (χ3v) is 23.6. The molecule has 0 saturated heterocycles. The third kappa shape index (κ3) is 11.0. The third-order valence-electron chi connectivity index (χ3n) is 22.5. The zero-order chi connectivity index (χ0) is 73.5. The van der Waals surface area contributed by atoms with Gasteiger partial charge in [-0.3, -0.25) is 0 Å². The molecule has 21 rings (SSSR count). The molecule has 0 spiro atoms. The summed E-state index contributed by atoms with van der Waals surface area (Å²) in [4.78, 5) is 14.5. The molecule has 0 radical (unpaired) electrons. The van der Waals surface area contributed by atoms with Gasteiger partial charge in [0.05, 0.1) is 34.1 Å². The van der Waals surface area contributed by atoms with E-state index in [2.05, 4.69) is 419 Å². The highest BCUT2D eigenvalue weighted by Crippen LogP contribution is 2.55. The first-order valence-electron chi connectivity index (χ1n) is 38.0. The fourth-order valence-electron chi connectivity index (χ4n) is 17.9. The molecule has 4 heterocycles. The van der Waals surface area contributed by atoms with Crippen molar-refractivity contribution in [3.8, 4) is 55.6 Å². The smallest absolute Gasteiger partial charge is 0.252 e. The Labute approximate surface area is 651 Å². The van der Waals surface area contributed by atoms with Crippen LogP contribution in [0.5, 0.6) is 0 Å². The van der Waals surface area contributed by atoms with E-state index in [0.29, 0.717) is 5.69 Å². The lowest BCUT2D eigenvalue weighted by Crippen LogP contribution is -2.64. The molecule has 0 N–H and O–H groups in total. The Bertz CT molecular complexity index is 6440. The second kappa shape index (κ2) is 27.4. The summed E-state index contributed by atoms with van der Waals surface area (Å²) < 4.78 is 19.1. The zero-order valence-corrected chi connectivity index (χ0v) is 61.3. The number of hydrogen-bond donors (Lipinski definition) is 0. The largest absolute Gasteiger partial charge is 0.311 e. The molecule has 17 aromatic rings.